The van der Waals surface area contributed by atoms with Crippen LogP contribution in [0.4, 0.5) is 18.9 Å². The Morgan fingerprint density at radius 1 is 1.35 bits per heavy atom. The van der Waals surface area contributed by atoms with Crippen molar-refractivity contribution in [3.05, 3.63) is 33.1 Å². The van der Waals surface area contributed by atoms with Crippen LogP contribution in [0.15, 0.2) is 16.7 Å². The minimum atomic E-state index is -2.60. The summed E-state index contributed by atoms with van der Waals surface area (Å²) in [5.41, 5.74) is 0.625. The highest BCUT2D eigenvalue weighted by atomic mass is 79.9. The molecule has 136 valence electrons. The monoisotopic (exact) mass is 444 g/mol. The number of rotatable bonds is 2. The van der Waals surface area contributed by atoms with Crippen LogP contribution in [0, 0.1) is 22.6 Å². The molecule has 2 aliphatic rings. The van der Waals surface area contributed by atoms with E-state index in [0.29, 0.717) is 28.9 Å². The van der Waals surface area contributed by atoms with E-state index in [4.69, 9.17) is 11.6 Å². The summed E-state index contributed by atoms with van der Waals surface area (Å²) in [5, 5.41) is 13.6. The number of alkyl halides is 2. The van der Waals surface area contributed by atoms with Gasteiger partial charge in [-0.15, -0.1) is 0 Å². The molecule has 0 radical (unpaired) electrons. The fourth-order valence-corrected chi connectivity index (χ4v) is 4.84. The first kappa shape index (κ1) is 17.7. The molecule has 0 unspecified atom stereocenters. The normalized spacial score (nSPS) is 19.8. The number of hydrogen-bond acceptors (Lipinski definition) is 3. The molecule has 2 heterocycles. The molecule has 0 bridgehead atoms. The van der Waals surface area contributed by atoms with Gasteiger partial charge in [0.2, 0.25) is 5.92 Å². The Balaban J connectivity index is 1.77. The fraction of sp³-hybridized carbons (Fsp3) is 0.412. The third kappa shape index (κ3) is 2.52. The molecule has 0 amide bonds. The largest absolute Gasteiger partial charge is 0.369 e. The molecular formula is C17H13BrClF3N4. The Morgan fingerprint density at radius 3 is 2.50 bits per heavy atom. The molecule has 9 heteroatoms. The topological polar surface area (TPSA) is 44.9 Å². The Hall–Kier alpha value is -1.72. The van der Waals surface area contributed by atoms with Gasteiger partial charge in [0.1, 0.15) is 6.07 Å². The molecule has 4 rings (SSSR count). The van der Waals surface area contributed by atoms with Crippen LogP contribution in [-0.4, -0.2) is 28.8 Å². The van der Waals surface area contributed by atoms with Gasteiger partial charge in [-0.1, -0.05) is 11.6 Å². The zero-order chi connectivity index (χ0) is 18.9. The van der Waals surface area contributed by atoms with Crippen LogP contribution in [-0.2, 0) is 7.05 Å². The number of nitriles is 1. The van der Waals surface area contributed by atoms with Crippen molar-refractivity contribution in [3.8, 4) is 17.3 Å². The van der Waals surface area contributed by atoms with Gasteiger partial charge in [-0.05, 0) is 22.0 Å². The SMILES string of the molecule is Cn1ncc(Br)c1-c1c(F)c(Cl)cc(N2CC3(C2)CC(F)(F)C3)c1C#N. The van der Waals surface area contributed by atoms with Gasteiger partial charge in [-0.3, -0.25) is 4.68 Å². The van der Waals surface area contributed by atoms with Crippen LogP contribution in [0.25, 0.3) is 11.3 Å². The van der Waals surface area contributed by atoms with Crippen LogP contribution in [0.1, 0.15) is 18.4 Å². The van der Waals surface area contributed by atoms with E-state index in [1.165, 1.54) is 16.9 Å². The Kier molecular flexibility index (Phi) is 3.83. The molecule has 1 saturated heterocycles. The summed E-state index contributed by atoms with van der Waals surface area (Å²) in [7, 11) is 1.64. The summed E-state index contributed by atoms with van der Waals surface area (Å²) in [6.45, 7) is 0.816. The molecule has 0 N–H and O–H groups in total. The summed E-state index contributed by atoms with van der Waals surface area (Å²) in [4.78, 5) is 1.81. The van der Waals surface area contributed by atoms with E-state index in [2.05, 4.69) is 27.1 Å². The summed E-state index contributed by atoms with van der Waals surface area (Å²) in [6, 6.07) is 3.45. The van der Waals surface area contributed by atoms with Gasteiger partial charge < -0.3 is 4.90 Å². The maximum atomic E-state index is 14.8. The Labute approximate surface area is 161 Å². The second-order valence-corrected chi connectivity index (χ2v) is 8.35. The van der Waals surface area contributed by atoms with Crippen molar-refractivity contribution < 1.29 is 13.2 Å². The minimum Gasteiger partial charge on any atom is -0.369 e. The van der Waals surface area contributed by atoms with Gasteiger partial charge in [-0.2, -0.15) is 10.4 Å². The van der Waals surface area contributed by atoms with Crippen molar-refractivity contribution in [1.29, 1.82) is 5.26 Å². The molecule has 2 fully saturated rings. The van der Waals surface area contributed by atoms with Crippen molar-refractivity contribution in [2.24, 2.45) is 12.5 Å². The van der Waals surface area contributed by atoms with E-state index in [-0.39, 0.29) is 29.0 Å². The standard InChI is InChI=1S/C17H13BrClF3N4/c1-25-15(10(18)4-24-25)13-9(3-23)12(2-11(19)14(13)20)26-7-16(8-26)5-17(21,22)6-16/h2,4H,5-8H2,1H3. The second kappa shape index (κ2) is 5.64. The van der Waals surface area contributed by atoms with Crippen LogP contribution >= 0.6 is 27.5 Å². The summed E-state index contributed by atoms with van der Waals surface area (Å²) >= 11 is 9.40. The molecule has 1 saturated carbocycles. The molecule has 0 atom stereocenters. The van der Waals surface area contributed by atoms with Gasteiger partial charge in [0.15, 0.2) is 5.82 Å². The molecule has 2 aromatic rings. The van der Waals surface area contributed by atoms with E-state index >= 15 is 0 Å². The maximum absolute atomic E-state index is 14.8. The summed E-state index contributed by atoms with van der Waals surface area (Å²) in [6.07, 6.45) is 1.21. The van der Waals surface area contributed by atoms with Gasteiger partial charge >= 0.3 is 0 Å². The number of anilines is 1. The lowest BCUT2D eigenvalue weighted by atomic mass is 9.61. The maximum Gasteiger partial charge on any atom is 0.249 e. The number of nitrogens with zero attached hydrogens (tertiary/aromatic N) is 4. The quantitative estimate of drug-likeness (QED) is 0.670. The first-order valence-corrected chi connectivity index (χ1v) is 9.06. The molecule has 1 aromatic carbocycles. The molecule has 4 nitrogen and oxygen atoms in total. The predicted molar refractivity (Wildman–Crippen MR) is 94.9 cm³/mol. The predicted octanol–water partition coefficient (Wildman–Crippen LogP) is 4.75. The van der Waals surface area contributed by atoms with Gasteiger partial charge in [0.05, 0.1) is 38.2 Å². The van der Waals surface area contributed by atoms with Gasteiger partial charge in [0, 0.05) is 38.4 Å². The average molecular weight is 446 g/mol. The van der Waals surface area contributed by atoms with E-state index in [0.717, 1.165) is 0 Å². The number of hydrogen-bond donors (Lipinski definition) is 0. The van der Waals surface area contributed by atoms with Crippen LogP contribution in [0.3, 0.4) is 0 Å². The van der Waals surface area contributed by atoms with Crippen molar-refractivity contribution in [2.75, 3.05) is 18.0 Å². The van der Waals surface area contributed by atoms with Gasteiger partial charge in [0.25, 0.3) is 0 Å². The number of aryl methyl sites for hydroxylation is 1. The van der Waals surface area contributed by atoms with Crippen LogP contribution in [0.5, 0.6) is 0 Å². The first-order chi connectivity index (χ1) is 12.2. The van der Waals surface area contributed by atoms with Crippen molar-refractivity contribution in [2.45, 2.75) is 18.8 Å². The molecule has 1 aliphatic carbocycles. The highest BCUT2D eigenvalue weighted by Gasteiger charge is 2.62. The molecule has 26 heavy (non-hydrogen) atoms. The lowest BCUT2D eigenvalue weighted by Crippen LogP contribution is -2.66. The first-order valence-electron chi connectivity index (χ1n) is 7.89. The lowest BCUT2D eigenvalue weighted by molar-refractivity contribution is -0.170. The van der Waals surface area contributed by atoms with Crippen molar-refractivity contribution >= 4 is 33.2 Å². The molecule has 1 aliphatic heterocycles. The van der Waals surface area contributed by atoms with Crippen LogP contribution < -0.4 is 4.90 Å². The van der Waals surface area contributed by atoms with E-state index in [1.54, 1.807) is 7.05 Å². The lowest BCUT2D eigenvalue weighted by Gasteiger charge is -2.59. The summed E-state index contributed by atoms with van der Waals surface area (Å²) in [5.74, 6) is -3.31. The number of halogens is 5. The Morgan fingerprint density at radius 2 is 2.00 bits per heavy atom. The number of benzene rings is 1. The molecular weight excluding hydrogens is 433 g/mol. The van der Waals surface area contributed by atoms with Crippen LogP contribution in [0.2, 0.25) is 5.02 Å². The minimum absolute atomic E-state index is 0.0572. The highest BCUT2D eigenvalue weighted by molar-refractivity contribution is 9.10. The average Bonchev–Trinajstić information content (AvgIpc) is 2.83. The van der Waals surface area contributed by atoms with Crippen molar-refractivity contribution in [1.82, 2.24) is 9.78 Å². The van der Waals surface area contributed by atoms with E-state index < -0.39 is 17.2 Å². The van der Waals surface area contributed by atoms with E-state index in [9.17, 15) is 18.4 Å². The van der Waals surface area contributed by atoms with E-state index in [1.807, 2.05) is 4.90 Å². The fourth-order valence-electron chi connectivity index (χ4n) is 4.09. The second-order valence-electron chi connectivity index (χ2n) is 7.08. The smallest absolute Gasteiger partial charge is 0.249 e. The zero-order valence-corrected chi connectivity index (χ0v) is 16.0. The summed E-state index contributed by atoms with van der Waals surface area (Å²) < 4.78 is 43.2. The molecule has 1 aromatic heterocycles. The Bertz CT molecular complexity index is 930. The number of aromatic nitrogens is 2. The van der Waals surface area contributed by atoms with Crippen molar-refractivity contribution in [3.63, 3.8) is 0 Å². The highest BCUT2D eigenvalue weighted by Crippen LogP contribution is 2.58. The molecule has 1 spiro atoms. The zero-order valence-electron chi connectivity index (χ0n) is 13.7. The third-order valence-corrected chi connectivity index (χ3v) is 5.96. The van der Waals surface area contributed by atoms with Gasteiger partial charge in [-0.25, -0.2) is 13.2 Å². The third-order valence-electron chi connectivity index (χ3n) is 5.10.